The molecule has 0 radical (unpaired) electrons. The van der Waals surface area contributed by atoms with Crippen molar-refractivity contribution in [1.29, 1.82) is 0 Å². The number of pyridine rings is 2. The zero-order valence-corrected chi connectivity index (χ0v) is 18.7. The van der Waals surface area contributed by atoms with Crippen LogP contribution in [0.1, 0.15) is 47.9 Å². The number of nitrogens with one attached hydrogen (secondary N) is 3. The number of aliphatic carboxylic acids is 1. The number of ether oxygens (including phenoxy) is 1. The van der Waals surface area contributed by atoms with Gasteiger partial charge in [-0.3, -0.25) is 24.4 Å². The lowest BCUT2D eigenvalue weighted by molar-refractivity contribution is -0.136. The summed E-state index contributed by atoms with van der Waals surface area (Å²) in [6, 6.07) is 6.06. The third-order valence-electron chi connectivity index (χ3n) is 4.01. The standard InChI is InChI=1S/C22H27N5O6/c1-22(2,3)33-21(32)27-11-10-26-20(31)15-5-8-24-17(13-15)16-12-14(4-7-23-16)19(30)25-9-6-18(28)29/h4-5,7-8,12-13H,6,9-11H2,1-3H3,(H,25,30)(H,26,31)(H,27,32)(H,28,29). The van der Waals surface area contributed by atoms with Crippen LogP contribution in [0.2, 0.25) is 0 Å². The maximum Gasteiger partial charge on any atom is 0.407 e. The first-order chi connectivity index (χ1) is 15.5. The fourth-order valence-corrected chi connectivity index (χ4v) is 2.57. The second kappa shape index (κ2) is 11.6. The van der Waals surface area contributed by atoms with E-state index in [1.165, 1.54) is 36.7 Å². The molecule has 2 aromatic heterocycles. The van der Waals surface area contributed by atoms with Gasteiger partial charge in [0.1, 0.15) is 5.60 Å². The van der Waals surface area contributed by atoms with Crippen LogP contribution in [-0.2, 0) is 9.53 Å². The van der Waals surface area contributed by atoms with Crippen molar-refractivity contribution >= 4 is 23.9 Å². The van der Waals surface area contributed by atoms with Crippen LogP contribution >= 0.6 is 0 Å². The van der Waals surface area contributed by atoms with Crippen molar-refractivity contribution in [3.05, 3.63) is 47.8 Å². The molecule has 0 aliphatic rings. The van der Waals surface area contributed by atoms with Crippen molar-refractivity contribution in [1.82, 2.24) is 25.9 Å². The van der Waals surface area contributed by atoms with Crippen molar-refractivity contribution in [3.8, 4) is 11.4 Å². The molecule has 0 aromatic carbocycles. The molecule has 11 heteroatoms. The summed E-state index contributed by atoms with van der Waals surface area (Å²) in [6.45, 7) is 5.66. The van der Waals surface area contributed by atoms with Gasteiger partial charge in [-0.15, -0.1) is 0 Å². The summed E-state index contributed by atoms with van der Waals surface area (Å²) in [4.78, 5) is 55.2. The van der Waals surface area contributed by atoms with Crippen LogP contribution in [0.15, 0.2) is 36.7 Å². The smallest absolute Gasteiger partial charge is 0.407 e. The molecule has 0 unspecified atom stereocenters. The third kappa shape index (κ3) is 8.93. The maximum atomic E-state index is 12.4. The number of carboxylic acids is 1. The van der Waals surface area contributed by atoms with E-state index >= 15 is 0 Å². The number of rotatable bonds is 9. The fraction of sp³-hybridized carbons (Fsp3) is 0.364. The van der Waals surface area contributed by atoms with Gasteiger partial charge < -0.3 is 25.8 Å². The molecule has 176 valence electrons. The van der Waals surface area contributed by atoms with E-state index < -0.39 is 23.6 Å². The minimum Gasteiger partial charge on any atom is -0.481 e. The van der Waals surface area contributed by atoms with Crippen LogP contribution in [-0.4, -0.2) is 64.2 Å². The molecule has 11 nitrogen and oxygen atoms in total. The molecule has 2 rings (SSSR count). The second-order valence-electron chi connectivity index (χ2n) is 7.94. The molecular formula is C22H27N5O6. The number of carboxylic acid groups (broad SMARTS) is 1. The first-order valence-electron chi connectivity index (χ1n) is 10.2. The van der Waals surface area contributed by atoms with E-state index in [1.54, 1.807) is 20.8 Å². The summed E-state index contributed by atoms with van der Waals surface area (Å²) in [7, 11) is 0. The molecule has 33 heavy (non-hydrogen) atoms. The Hall–Kier alpha value is -4.02. The highest BCUT2D eigenvalue weighted by atomic mass is 16.6. The number of hydrogen-bond acceptors (Lipinski definition) is 7. The SMILES string of the molecule is CC(C)(C)OC(=O)NCCNC(=O)c1ccnc(-c2cc(C(=O)NCCC(=O)O)ccn2)c1. The molecule has 0 aliphatic heterocycles. The van der Waals surface area contributed by atoms with E-state index in [0.717, 1.165) is 0 Å². The molecule has 4 N–H and O–H groups in total. The van der Waals surface area contributed by atoms with Gasteiger partial charge >= 0.3 is 12.1 Å². The van der Waals surface area contributed by atoms with Crippen molar-refractivity contribution in [2.45, 2.75) is 32.8 Å². The van der Waals surface area contributed by atoms with Crippen LogP contribution in [0.3, 0.4) is 0 Å². The summed E-state index contributed by atoms with van der Waals surface area (Å²) < 4.78 is 5.12. The predicted molar refractivity (Wildman–Crippen MR) is 119 cm³/mol. The van der Waals surface area contributed by atoms with Crippen LogP contribution < -0.4 is 16.0 Å². The molecule has 0 atom stereocenters. The Morgan fingerprint density at radius 3 is 1.82 bits per heavy atom. The number of carbonyl (C=O) groups excluding carboxylic acids is 3. The summed E-state index contributed by atoms with van der Waals surface area (Å²) in [5.41, 5.74) is 0.771. The Morgan fingerprint density at radius 2 is 1.33 bits per heavy atom. The first-order valence-corrected chi connectivity index (χ1v) is 10.2. The van der Waals surface area contributed by atoms with E-state index in [4.69, 9.17) is 9.84 Å². The largest absolute Gasteiger partial charge is 0.481 e. The van der Waals surface area contributed by atoms with Crippen LogP contribution in [0.25, 0.3) is 11.4 Å². The highest BCUT2D eigenvalue weighted by Crippen LogP contribution is 2.17. The van der Waals surface area contributed by atoms with Crippen molar-refractivity contribution in [3.63, 3.8) is 0 Å². The van der Waals surface area contributed by atoms with Gasteiger partial charge in [0, 0.05) is 43.2 Å². The van der Waals surface area contributed by atoms with E-state index in [0.29, 0.717) is 17.0 Å². The quantitative estimate of drug-likeness (QED) is 0.413. The van der Waals surface area contributed by atoms with Gasteiger partial charge in [0.15, 0.2) is 0 Å². The van der Waals surface area contributed by atoms with E-state index in [2.05, 4.69) is 25.9 Å². The minimum atomic E-state index is -1.01. The lowest BCUT2D eigenvalue weighted by atomic mass is 10.1. The number of amides is 3. The van der Waals surface area contributed by atoms with Crippen LogP contribution in [0.5, 0.6) is 0 Å². The number of hydrogen-bond donors (Lipinski definition) is 4. The van der Waals surface area contributed by atoms with Gasteiger partial charge in [0.2, 0.25) is 0 Å². The second-order valence-corrected chi connectivity index (χ2v) is 7.94. The molecular weight excluding hydrogens is 430 g/mol. The van der Waals surface area contributed by atoms with Gasteiger partial charge in [0.05, 0.1) is 17.8 Å². The normalized spacial score (nSPS) is 10.8. The van der Waals surface area contributed by atoms with Gasteiger partial charge in [0.25, 0.3) is 11.8 Å². The Balaban J connectivity index is 1.96. The summed E-state index contributed by atoms with van der Waals surface area (Å²) in [6.07, 6.45) is 2.12. The average Bonchev–Trinajstić information content (AvgIpc) is 2.75. The van der Waals surface area contributed by atoms with Gasteiger partial charge in [-0.05, 0) is 45.0 Å². The molecule has 3 amide bonds. The molecule has 0 saturated heterocycles. The summed E-state index contributed by atoms with van der Waals surface area (Å²) >= 11 is 0. The molecule has 0 bridgehead atoms. The Bertz CT molecular complexity index is 1020. The molecule has 2 heterocycles. The van der Waals surface area contributed by atoms with E-state index in [9.17, 15) is 19.2 Å². The zero-order chi connectivity index (χ0) is 24.4. The fourth-order valence-electron chi connectivity index (χ4n) is 2.57. The Kier molecular flexibility index (Phi) is 8.84. The first kappa shape index (κ1) is 25.2. The number of alkyl carbamates (subject to hydrolysis) is 1. The van der Waals surface area contributed by atoms with Crippen LogP contribution in [0.4, 0.5) is 4.79 Å². The van der Waals surface area contributed by atoms with E-state index in [-0.39, 0.29) is 37.5 Å². The van der Waals surface area contributed by atoms with Crippen molar-refractivity contribution in [2.75, 3.05) is 19.6 Å². The highest BCUT2D eigenvalue weighted by Gasteiger charge is 2.16. The average molecular weight is 457 g/mol. The van der Waals surface area contributed by atoms with Gasteiger partial charge in [-0.2, -0.15) is 0 Å². The Morgan fingerprint density at radius 1 is 0.848 bits per heavy atom. The molecule has 0 aliphatic carbocycles. The third-order valence-corrected chi connectivity index (χ3v) is 4.01. The lowest BCUT2D eigenvalue weighted by Gasteiger charge is -2.19. The molecule has 0 fully saturated rings. The Labute approximate surface area is 191 Å². The monoisotopic (exact) mass is 457 g/mol. The zero-order valence-electron chi connectivity index (χ0n) is 18.7. The molecule has 2 aromatic rings. The topological polar surface area (TPSA) is 160 Å². The van der Waals surface area contributed by atoms with Crippen molar-refractivity contribution in [2.24, 2.45) is 0 Å². The molecule has 0 spiro atoms. The summed E-state index contributed by atoms with van der Waals surface area (Å²) in [5, 5.41) is 16.4. The lowest BCUT2D eigenvalue weighted by Crippen LogP contribution is -2.37. The van der Waals surface area contributed by atoms with Crippen LogP contribution in [0, 0.1) is 0 Å². The van der Waals surface area contributed by atoms with Gasteiger partial charge in [-0.25, -0.2) is 4.79 Å². The van der Waals surface area contributed by atoms with Gasteiger partial charge in [-0.1, -0.05) is 0 Å². The number of aromatic nitrogens is 2. The highest BCUT2D eigenvalue weighted by molar-refractivity contribution is 5.96. The van der Waals surface area contributed by atoms with Crippen molar-refractivity contribution < 1.29 is 29.0 Å². The number of carbonyl (C=O) groups is 4. The number of nitrogens with zero attached hydrogens (tertiary/aromatic N) is 2. The van der Waals surface area contributed by atoms with E-state index in [1.807, 2.05) is 0 Å². The minimum absolute atomic E-state index is 0.00249. The predicted octanol–water partition coefficient (Wildman–Crippen LogP) is 1.60. The summed E-state index contributed by atoms with van der Waals surface area (Å²) in [5.74, 6) is -1.82. The maximum absolute atomic E-state index is 12.4. The molecule has 0 saturated carbocycles.